The summed E-state index contributed by atoms with van der Waals surface area (Å²) < 4.78 is 3.94. The van der Waals surface area contributed by atoms with Gasteiger partial charge in [0, 0.05) is 26.3 Å². The maximum absolute atomic E-state index is 12.7. The first-order valence-corrected chi connectivity index (χ1v) is 9.36. The molecule has 3 amide bonds. The lowest BCUT2D eigenvalue weighted by atomic mass is 10.1. The lowest BCUT2D eigenvalue weighted by Crippen LogP contribution is -2.61. The molecule has 28 heavy (non-hydrogen) atoms. The molecular weight excluding hydrogens is 356 g/mol. The normalized spacial score (nSPS) is 18.3. The van der Waals surface area contributed by atoms with E-state index in [4.69, 9.17) is 0 Å². The standard InChI is InChI=1S/C20H25N6O2/c1-12-6-7-15(13(2)10-12)21-8-9-25-14(3)11-26-16-17(22-19(25)26)23(4)20(28)24(5)18(16)27/h6-7,10-11,16,21H,8-9H2,1-5H3/q+1. The van der Waals surface area contributed by atoms with E-state index < -0.39 is 6.04 Å². The number of carbonyl (C=O) groups excluding carboxylic acids is 2. The number of imide groups is 1. The first-order chi connectivity index (χ1) is 13.3. The van der Waals surface area contributed by atoms with Gasteiger partial charge in [0.05, 0.1) is 6.54 Å². The van der Waals surface area contributed by atoms with Crippen molar-refractivity contribution in [2.24, 2.45) is 4.99 Å². The second-order valence-electron chi connectivity index (χ2n) is 7.49. The molecule has 1 unspecified atom stereocenters. The first kappa shape index (κ1) is 18.2. The molecule has 2 aliphatic heterocycles. The summed E-state index contributed by atoms with van der Waals surface area (Å²) in [6.45, 7) is 7.61. The molecule has 0 spiro atoms. The molecule has 4 rings (SSSR count). The number of urea groups is 1. The average Bonchev–Trinajstić information content (AvgIpc) is 3.16. The highest BCUT2D eigenvalue weighted by Crippen LogP contribution is 2.28. The van der Waals surface area contributed by atoms with Crippen LogP contribution in [0.2, 0.25) is 0 Å². The minimum Gasteiger partial charge on any atom is -0.382 e. The van der Waals surface area contributed by atoms with Crippen molar-refractivity contribution in [3.63, 3.8) is 0 Å². The van der Waals surface area contributed by atoms with Gasteiger partial charge in [-0.05, 0) is 32.4 Å². The second kappa shape index (κ2) is 6.47. The number of imidazole rings is 1. The van der Waals surface area contributed by atoms with E-state index in [0.29, 0.717) is 18.3 Å². The van der Waals surface area contributed by atoms with E-state index in [2.05, 4.69) is 46.9 Å². The van der Waals surface area contributed by atoms with Gasteiger partial charge in [0.15, 0.2) is 0 Å². The summed E-state index contributed by atoms with van der Waals surface area (Å²) >= 11 is 0. The molecule has 0 radical (unpaired) electrons. The number of carbonyl (C=O) groups is 2. The zero-order valence-electron chi connectivity index (χ0n) is 16.9. The van der Waals surface area contributed by atoms with E-state index in [9.17, 15) is 9.59 Å². The topological polar surface area (TPSA) is 73.8 Å². The van der Waals surface area contributed by atoms with E-state index in [0.717, 1.165) is 22.8 Å². The molecule has 1 aromatic carbocycles. The van der Waals surface area contributed by atoms with Gasteiger partial charge < -0.3 is 5.32 Å². The lowest BCUT2D eigenvalue weighted by Gasteiger charge is -2.30. The monoisotopic (exact) mass is 381 g/mol. The third-order valence-corrected chi connectivity index (χ3v) is 5.48. The van der Waals surface area contributed by atoms with E-state index in [1.54, 1.807) is 7.05 Å². The number of amidine groups is 1. The third-order valence-electron chi connectivity index (χ3n) is 5.48. The Morgan fingerprint density at radius 3 is 2.61 bits per heavy atom. The van der Waals surface area contributed by atoms with Crippen LogP contribution in [0, 0.1) is 20.8 Å². The number of aliphatic imine (C=N–C) groups is 1. The summed E-state index contributed by atoms with van der Waals surface area (Å²) in [6, 6.07) is 5.41. The number of benzene rings is 1. The first-order valence-electron chi connectivity index (χ1n) is 9.36. The quantitative estimate of drug-likeness (QED) is 0.823. The van der Waals surface area contributed by atoms with Crippen LogP contribution in [-0.2, 0) is 11.3 Å². The SMILES string of the molecule is Cc1ccc(NCCn2c(C)c[n+]3c2N=C2C3C(=O)N(C)C(=O)N2C)c(C)c1. The zero-order valence-corrected chi connectivity index (χ0v) is 16.9. The molecule has 3 heterocycles. The largest absolute Gasteiger partial charge is 0.401 e. The fraction of sp³-hybridized carbons (Fsp3) is 0.400. The number of nitrogens with one attached hydrogen (secondary N) is 1. The molecule has 146 valence electrons. The number of aromatic nitrogens is 2. The highest BCUT2D eigenvalue weighted by molar-refractivity contribution is 6.18. The summed E-state index contributed by atoms with van der Waals surface area (Å²) in [7, 11) is 3.16. The Hall–Kier alpha value is -3.16. The molecule has 0 saturated carbocycles. The van der Waals surface area contributed by atoms with Crippen LogP contribution < -0.4 is 9.88 Å². The number of anilines is 1. The molecule has 0 aliphatic carbocycles. The van der Waals surface area contributed by atoms with Gasteiger partial charge in [-0.15, -0.1) is 0 Å². The molecule has 2 aliphatic rings. The van der Waals surface area contributed by atoms with Crippen LogP contribution in [0.15, 0.2) is 29.4 Å². The minimum absolute atomic E-state index is 0.254. The summed E-state index contributed by atoms with van der Waals surface area (Å²) in [5.41, 5.74) is 4.59. The number of nitrogens with zero attached hydrogens (tertiary/aromatic N) is 5. The number of aryl methyl sites for hydroxylation is 3. The van der Waals surface area contributed by atoms with Gasteiger partial charge in [0.25, 0.3) is 5.91 Å². The van der Waals surface area contributed by atoms with Gasteiger partial charge in [0.1, 0.15) is 11.9 Å². The van der Waals surface area contributed by atoms with Crippen molar-refractivity contribution in [3.8, 4) is 0 Å². The molecule has 8 nitrogen and oxygen atoms in total. The Morgan fingerprint density at radius 2 is 1.89 bits per heavy atom. The maximum Gasteiger partial charge on any atom is 0.401 e. The predicted octanol–water partition coefficient (Wildman–Crippen LogP) is 1.92. The van der Waals surface area contributed by atoms with Crippen LogP contribution >= 0.6 is 0 Å². The maximum atomic E-state index is 12.7. The Kier molecular flexibility index (Phi) is 4.21. The Bertz CT molecular complexity index is 1020. The van der Waals surface area contributed by atoms with Gasteiger partial charge >= 0.3 is 12.0 Å². The van der Waals surface area contributed by atoms with E-state index >= 15 is 0 Å². The highest BCUT2D eigenvalue weighted by atomic mass is 16.2. The number of hydrogen-bond acceptors (Lipinski definition) is 4. The molecule has 0 bridgehead atoms. The summed E-state index contributed by atoms with van der Waals surface area (Å²) in [5.74, 6) is 0.929. The van der Waals surface area contributed by atoms with Crippen LogP contribution in [0.3, 0.4) is 0 Å². The average molecular weight is 381 g/mol. The van der Waals surface area contributed by atoms with Crippen molar-refractivity contribution < 1.29 is 14.2 Å². The molecule has 1 N–H and O–H groups in total. The summed E-state index contributed by atoms with van der Waals surface area (Å²) in [4.78, 5) is 32.1. The summed E-state index contributed by atoms with van der Waals surface area (Å²) in [6.07, 6.45) is 1.93. The van der Waals surface area contributed by atoms with Crippen molar-refractivity contribution >= 4 is 29.4 Å². The van der Waals surface area contributed by atoms with Gasteiger partial charge in [-0.2, -0.15) is 0 Å². The fourth-order valence-electron chi connectivity index (χ4n) is 3.90. The number of hydrogen-bond donors (Lipinski definition) is 1. The second-order valence-corrected chi connectivity index (χ2v) is 7.49. The Morgan fingerprint density at radius 1 is 1.14 bits per heavy atom. The van der Waals surface area contributed by atoms with Crippen molar-refractivity contribution in [3.05, 3.63) is 41.2 Å². The van der Waals surface area contributed by atoms with Gasteiger partial charge in [-0.3, -0.25) is 14.6 Å². The highest BCUT2D eigenvalue weighted by Gasteiger charge is 2.52. The molecule has 1 aromatic heterocycles. The third kappa shape index (κ3) is 2.67. The van der Waals surface area contributed by atoms with Crippen LogP contribution in [-0.4, -0.2) is 52.8 Å². The van der Waals surface area contributed by atoms with Crippen molar-refractivity contribution in [1.82, 2.24) is 14.4 Å². The van der Waals surface area contributed by atoms with Gasteiger partial charge in [-0.25, -0.2) is 13.9 Å². The van der Waals surface area contributed by atoms with E-state index in [1.165, 1.54) is 23.1 Å². The zero-order chi connectivity index (χ0) is 20.2. The van der Waals surface area contributed by atoms with E-state index in [-0.39, 0.29) is 11.9 Å². The molecule has 1 atom stereocenters. The number of amides is 3. The molecule has 2 aromatic rings. The number of rotatable bonds is 4. The molecule has 1 fully saturated rings. The van der Waals surface area contributed by atoms with Gasteiger partial charge in [0.2, 0.25) is 11.9 Å². The van der Waals surface area contributed by atoms with Crippen molar-refractivity contribution in [1.29, 1.82) is 0 Å². The Balaban J connectivity index is 1.58. The molecule has 8 heteroatoms. The van der Waals surface area contributed by atoms with Crippen molar-refractivity contribution in [2.45, 2.75) is 33.4 Å². The van der Waals surface area contributed by atoms with Crippen molar-refractivity contribution in [2.75, 3.05) is 26.0 Å². The number of fused-ring (bicyclic) bond motifs is 3. The Labute approximate surface area is 164 Å². The predicted molar refractivity (Wildman–Crippen MR) is 106 cm³/mol. The minimum atomic E-state index is -0.574. The number of likely N-dealkylation sites (N-methyl/N-ethyl adjacent to an activating group) is 2. The van der Waals surface area contributed by atoms with Crippen LogP contribution in [0.25, 0.3) is 0 Å². The van der Waals surface area contributed by atoms with E-state index in [1.807, 2.05) is 17.7 Å². The smallest absolute Gasteiger partial charge is 0.382 e. The van der Waals surface area contributed by atoms with Crippen LogP contribution in [0.4, 0.5) is 16.4 Å². The lowest BCUT2D eigenvalue weighted by molar-refractivity contribution is -0.677. The fourth-order valence-corrected chi connectivity index (χ4v) is 3.90. The molecular formula is C20H25N6O2+. The van der Waals surface area contributed by atoms with Crippen LogP contribution in [0.1, 0.15) is 22.9 Å². The van der Waals surface area contributed by atoms with Crippen LogP contribution in [0.5, 0.6) is 0 Å². The molecule has 1 saturated heterocycles. The summed E-state index contributed by atoms with van der Waals surface area (Å²) in [5, 5.41) is 3.47. The van der Waals surface area contributed by atoms with Gasteiger partial charge in [-0.1, -0.05) is 22.7 Å².